The van der Waals surface area contributed by atoms with Crippen LogP contribution in [-0.2, 0) is 0 Å². The number of anilines is 1. The summed E-state index contributed by atoms with van der Waals surface area (Å²) in [5.74, 6) is 0. The fraction of sp³-hybridized carbons (Fsp3) is 0.125. The summed E-state index contributed by atoms with van der Waals surface area (Å²) in [5, 5.41) is 11.1. The van der Waals surface area contributed by atoms with Gasteiger partial charge < -0.3 is 5.11 Å². The monoisotopic (exact) mass is 185 g/mol. The van der Waals surface area contributed by atoms with Gasteiger partial charge in [0.25, 0.3) is 0 Å². The van der Waals surface area contributed by atoms with Crippen molar-refractivity contribution in [2.24, 2.45) is 0 Å². The zero-order valence-electron chi connectivity index (χ0n) is 6.47. The molecule has 1 aromatic rings. The average molecular weight is 186 g/mol. The topological polar surface area (TPSA) is 49.3 Å². The molecule has 0 aliphatic carbocycles. The van der Waals surface area contributed by atoms with Gasteiger partial charge in [-0.1, -0.05) is 17.7 Å². The highest BCUT2D eigenvalue weighted by molar-refractivity contribution is 6.31. The van der Waals surface area contributed by atoms with E-state index in [1.165, 1.54) is 0 Å². The highest BCUT2D eigenvalue weighted by atomic mass is 35.5. The minimum atomic E-state index is -1.09. The van der Waals surface area contributed by atoms with Crippen LogP contribution in [0.15, 0.2) is 18.2 Å². The number of nitrogens with one attached hydrogen (secondary N) is 1. The Bertz CT molecular complexity index is 312. The van der Waals surface area contributed by atoms with E-state index >= 15 is 0 Å². The van der Waals surface area contributed by atoms with Crippen LogP contribution in [0.25, 0.3) is 0 Å². The summed E-state index contributed by atoms with van der Waals surface area (Å²) in [5.41, 5.74) is 1.41. The maximum atomic E-state index is 10.2. The zero-order valence-corrected chi connectivity index (χ0v) is 7.22. The lowest BCUT2D eigenvalue weighted by molar-refractivity contribution is 0.210. The van der Waals surface area contributed by atoms with Crippen LogP contribution in [0.3, 0.4) is 0 Å². The summed E-state index contributed by atoms with van der Waals surface area (Å²) in [7, 11) is 0. The summed E-state index contributed by atoms with van der Waals surface area (Å²) in [4.78, 5) is 10.2. The van der Waals surface area contributed by atoms with Crippen molar-refractivity contribution >= 4 is 23.4 Å². The van der Waals surface area contributed by atoms with Gasteiger partial charge in [0, 0.05) is 10.7 Å². The number of amides is 1. The van der Waals surface area contributed by atoms with Crippen LogP contribution in [0.4, 0.5) is 10.5 Å². The van der Waals surface area contributed by atoms with Gasteiger partial charge in [-0.3, -0.25) is 5.32 Å². The van der Waals surface area contributed by atoms with Crippen molar-refractivity contribution in [3.8, 4) is 0 Å². The van der Waals surface area contributed by atoms with Gasteiger partial charge in [0.2, 0.25) is 0 Å². The predicted octanol–water partition coefficient (Wildman–Crippen LogP) is 2.74. The average Bonchev–Trinajstić information content (AvgIpc) is 1.96. The Kier molecular flexibility index (Phi) is 2.55. The molecule has 1 amide bonds. The van der Waals surface area contributed by atoms with E-state index in [2.05, 4.69) is 5.32 Å². The molecule has 0 fully saturated rings. The van der Waals surface area contributed by atoms with Gasteiger partial charge in [-0.25, -0.2) is 4.79 Å². The first-order chi connectivity index (χ1) is 5.59. The van der Waals surface area contributed by atoms with Crippen LogP contribution in [0.5, 0.6) is 0 Å². The van der Waals surface area contributed by atoms with E-state index in [-0.39, 0.29) is 0 Å². The van der Waals surface area contributed by atoms with Gasteiger partial charge in [0.1, 0.15) is 0 Å². The molecule has 0 heterocycles. The fourth-order valence-corrected chi connectivity index (χ4v) is 0.975. The molecule has 0 saturated carbocycles. The molecular formula is C8H8ClNO2. The maximum absolute atomic E-state index is 10.2. The maximum Gasteiger partial charge on any atom is 0.409 e. The summed E-state index contributed by atoms with van der Waals surface area (Å²) < 4.78 is 0. The molecule has 0 spiro atoms. The molecule has 2 N–H and O–H groups in total. The lowest BCUT2D eigenvalue weighted by atomic mass is 10.2. The first-order valence-corrected chi connectivity index (χ1v) is 3.73. The number of hydrogen-bond acceptors (Lipinski definition) is 1. The summed E-state index contributed by atoms with van der Waals surface area (Å²) >= 11 is 5.76. The van der Waals surface area contributed by atoms with E-state index in [1.54, 1.807) is 18.2 Å². The van der Waals surface area contributed by atoms with E-state index in [9.17, 15) is 4.79 Å². The normalized spacial score (nSPS) is 9.50. The molecular weight excluding hydrogens is 178 g/mol. The molecule has 0 saturated heterocycles. The van der Waals surface area contributed by atoms with E-state index in [0.717, 1.165) is 5.56 Å². The van der Waals surface area contributed by atoms with Crippen molar-refractivity contribution in [1.29, 1.82) is 0 Å². The molecule has 1 aromatic carbocycles. The predicted molar refractivity (Wildman–Crippen MR) is 47.8 cm³/mol. The Morgan fingerprint density at radius 1 is 1.58 bits per heavy atom. The molecule has 0 aliphatic rings. The van der Waals surface area contributed by atoms with E-state index in [4.69, 9.17) is 16.7 Å². The SMILES string of the molecule is Cc1ccc(NC(=O)O)cc1Cl. The number of rotatable bonds is 1. The van der Waals surface area contributed by atoms with Gasteiger partial charge in [-0.05, 0) is 24.6 Å². The third-order valence-electron chi connectivity index (χ3n) is 1.42. The van der Waals surface area contributed by atoms with Crippen LogP contribution in [0, 0.1) is 6.92 Å². The van der Waals surface area contributed by atoms with Crippen molar-refractivity contribution in [2.45, 2.75) is 6.92 Å². The van der Waals surface area contributed by atoms with Crippen LogP contribution >= 0.6 is 11.6 Å². The minimum absolute atomic E-state index is 0.484. The summed E-state index contributed by atoms with van der Waals surface area (Å²) in [6, 6.07) is 4.99. The first-order valence-electron chi connectivity index (χ1n) is 3.35. The standard InChI is InChI=1S/C8H8ClNO2/c1-5-2-3-6(4-7(5)9)10-8(11)12/h2-4,10H,1H3,(H,11,12). The molecule has 0 aliphatic heterocycles. The number of carboxylic acid groups (broad SMARTS) is 1. The second-order valence-electron chi connectivity index (χ2n) is 2.39. The highest BCUT2D eigenvalue weighted by Gasteiger charge is 1.99. The van der Waals surface area contributed by atoms with Crippen molar-refractivity contribution in [2.75, 3.05) is 5.32 Å². The Labute approximate surface area is 75.0 Å². The Hall–Kier alpha value is -1.22. The third-order valence-corrected chi connectivity index (χ3v) is 1.83. The second kappa shape index (κ2) is 3.45. The number of benzene rings is 1. The quantitative estimate of drug-likeness (QED) is 0.707. The van der Waals surface area contributed by atoms with Crippen LogP contribution in [0.1, 0.15) is 5.56 Å². The van der Waals surface area contributed by atoms with Crippen LogP contribution < -0.4 is 5.32 Å². The largest absolute Gasteiger partial charge is 0.465 e. The molecule has 12 heavy (non-hydrogen) atoms. The number of aryl methyl sites for hydroxylation is 1. The van der Waals surface area contributed by atoms with Gasteiger partial charge in [0.05, 0.1) is 0 Å². The van der Waals surface area contributed by atoms with E-state index < -0.39 is 6.09 Å². The Morgan fingerprint density at radius 2 is 2.25 bits per heavy atom. The van der Waals surface area contributed by atoms with Crippen LogP contribution in [0.2, 0.25) is 5.02 Å². The minimum Gasteiger partial charge on any atom is -0.465 e. The number of halogens is 1. The molecule has 4 heteroatoms. The lowest BCUT2D eigenvalue weighted by Crippen LogP contribution is -2.06. The third kappa shape index (κ3) is 2.13. The molecule has 64 valence electrons. The first kappa shape index (κ1) is 8.87. The van der Waals surface area contributed by atoms with Crippen LogP contribution in [-0.4, -0.2) is 11.2 Å². The van der Waals surface area contributed by atoms with Gasteiger partial charge >= 0.3 is 6.09 Å². The fourth-order valence-electron chi connectivity index (χ4n) is 0.794. The molecule has 0 radical (unpaired) electrons. The van der Waals surface area contributed by atoms with E-state index in [0.29, 0.717) is 10.7 Å². The van der Waals surface area contributed by atoms with Gasteiger partial charge in [-0.15, -0.1) is 0 Å². The second-order valence-corrected chi connectivity index (χ2v) is 2.80. The van der Waals surface area contributed by atoms with E-state index in [1.807, 2.05) is 6.92 Å². The molecule has 0 atom stereocenters. The van der Waals surface area contributed by atoms with Gasteiger partial charge in [-0.2, -0.15) is 0 Å². The summed E-state index contributed by atoms with van der Waals surface area (Å²) in [6.07, 6.45) is -1.09. The smallest absolute Gasteiger partial charge is 0.409 e. The highest BCUT2D eigenvalue weighted by Crippen LogP contribution is 2.19. The summed E-state index contributed by atoms with van der Waals surface area (Å²) in [6.45, 7) is 1.85. The molecule has 0 bridgehead atoms. The van der Waals surface area contributed by atoms with Crippen molar-refractivity contribution in [1.82, 2.24) is 0 Å². The lowest BCUT2D eigenvalue weighted by Gasteiger charge is -2.02. The molecule has 0 unspecified atom stereocenters. The zero-order chi connectivity index (χ0) is 9.14. The number of hydrogen-bond donors (Lipinski definition) is 2. The van der Waals surface area contributed by atoms with Crippen molar-refractivity contribution < 1.29 is 9.90 Å². The van der Waals surface area contributed by atoms with Crippen molar-refractivity contribution in [3.05, 3.63) is 28.8 Å². The Balaban J connectivity index is 2.89. The molecule has 1 rings (SSSR count). The van der Waals surface area contributed by atoms with Crippen molar-refractivity contribution in [3.63, 3.8) is 0 Å². The number of carbonyl (C=O) groups is 1. The molecule has 0 aromatic heterocycles. The molecule has 3 nitrogen and oxygen atoms in total. The Morgan fingerprint density at radius 3 is 2.75 bits per heavy atom. The van der Waals surface area contributed by atoms with Gasteiger partial charge in [0.15, 0.2) is 0 Å².